The summed E-state index contributed by atoms with van der Waals surface area (Å²) in [5, 5.41) is 0. The Bertz CT molecular complexity index is 254. The lowest BCUT2D eigenvalue weighted by molar-refractivity contribution is -0.141. The van der Waals surface area contributed by atoms with Gasteiger partial charge >= 0.3 is 0 Å². The van der Waals surface area contributed by atoms with Crippen molar-refractivity contribution in [3.05, 3.63) is 0 Å². The first kappa shape index (κ1) is 12.8. The van der Waals surface area contributed by atoms with E-state index in [0.717, 1.165) is 26.1 Å². The second-order valence-electron chi connectivity index (χ2n) is 4.81. The van der Waals surface area contributed by atoms with Gasteiger partial charge in [-0.2, -0.15) is 0 Å². The van der Waals surface area contributed by atoms with Crippen LogP contribution in [0.4, 0.5) is 0 Å². The first-order valence-electron chi connectivity index (χ1n) is 6.46. The molecule has 98 valence electrons. The molecular formula is C12H22N2O3. The van der Waals surface area contributed by atoms with Crippen LogP contribution in [0.1, 0.15) is 19.3 Å². The largest absolute Gasteiger partial charge is 0.381 e. The van der Waals surface area contributed by atoms with E-state index in [2.05, 4.69) is 0 Å². The van der Waals surface area contributed by atoms with Crippen LogP contribution in [0.25, 0.3) is 0 Å². The Morgan fingerprint density at radius 3 is 2.71 bits per heavy atom. The predicted octanol–water partition coefficient (Wildman–Crippen LogP) is -0.0108. The highest BCUT2D eigenvalue weighted by atomic mass is 16.5. The molecule has 2 heterocycles. The fraction of sp³-hybridized carbons (Fsp3) is 0.917. The summed E-state index contributed by atoms with van der Waals surface area (Å²) in [6.45, 7) is 3.97. The molecule has 0 aromatic heterocycles. The van der Waals surface area contributed by atoms with Gasteiger partial charge in [0.15, 0.2) is 0 Å². The first-order chi connectivity index (χ1) is 8.31. The van der Waals surface area contributed by atoms with Crippen molar-refractivity contribution in [2.24, 2.45) is 11.7 Å². The standard InChI is InChI=1S/C12H22N2O3/c13-8-11-9-17-6-3-14(11)12(15)7-10-1-4-16-5-2-10/h10-11H,1-9,13H2. The van der Waals surface area contributed by atoms with E-state index < -0.39 is 0 Å². The van der Waals surface area contributed by atoms with Gasteiger partial charge in [-0.1, -0.05) is 0 Å². The third kappa shape index (κ3) is 3.40. The molecule has 0 spiro atoms. The van der Waals surface area contributed by atoms with E-state index in [4.69, 9.17) is 15.2 Å². The van der Waals surface area contributed by atoms with Gasteiger partial charge in [0.1, 0.15) is 0 Å². The van der Waals surface area contributed by atoms with Crippen molar-refractivity contribution in [2.75, 3.05) is 39.5 Å². The number of nitrogens with two attached hydrogens (primary N) is 1. The number of amides is 1. The highest BCUT2D eigenvalue weighted by molar-refractivity contribution is 5.77. The van der Waals surface area contributed by atoms with Gasteiger partial charge in [-0.3, -0.25) is 4.79 Å². The van der Waals surface area contributed by atoms with E-state index in [1.807, 2.05) is 4.90 Å². The quantitative estimate of drug-likeness (QED) is 0.756. The average molecular weight is 242 g/mol. The van der Waals surface area contributed by atoms with E-state index in [1.165, 1.54) is 0 Å². The van der Waals surface area contributed by atoms with E-state index in [0.29, 0.717) is 38.6 Å². The van der Waals surface area contributed by atoms with Crippen LogP contribution < -0.4 is 5.73 Å². The van der Waals surface area contributed by atoms with Crippen molar-refractivity contribution in [1.29, 1.82) is 0 Å². The maximum Gasteiger partial charge on any atom is 0.223 e. The molecule has 0 aromatic carbocycles. The van der Waals surface area contributed by atoms with Gasteiger partial charge in [0.25, 0.3) is 0 Å². The fourth-order valence-corrected chi connectivity index (χ4v) is 2.49. The second kappa shape index (κ2) is 6.33. The Balaban J connectivity index is 1.84. The molecule has 0 bridgehead atoms. The number of carbonyl (C=O) groups excluding carboxylic acids is 1. The van der Waals surface area contributed by atoms with Crippen LogP contribution >= 0.6 is 0 Å². The molecule has 2 aliphatic rings. The Hall–Kier alpha value is -0.650. The molecule has 0 saturated carbocycles. The van der Waals surface area contributed by atoms with E-state index in [9.17, 15) is 4.79 Å². The van der Waals surface area contributed by atoms with Crippen molar-refractivity contribution in [1.82, 2.24) is 4.90 Å². The molecule has 1 amide bonds. The number of morpholine rings is 1. The molecule has 5 heteroatoms. The van der Waals surface area contributed by atoms with Crippen molar-refractivity contribution < 1.29 is 14.3 Å². The monoisotopic (exact) mass is 242 g/mol. The number of rotatable bonds is 3. The van der Waals surface area contributed by atoms with Crippen molar-refractivity contribution in [3.63, 3.8) is 0 Å². The Labute approximate surface area is 102 Å². The van der Waals surface area contributed by atoms with Crippen LogP contribution in [0.5, 0.6) is 0 Å². The summed E-state index contributed by atoms with van der Waals surface area (Å²) < 4.78 is 10.7. The second-order valence-corrected chi connectivity index (χ2v) is 4.81. The topological polar surface area (TPSA) is 64.8 Å². The summed E-state index contributed by atoms with van der Waals surface area (Å²) in [7, 11) is 0. The summed E-state index contributed by atoms with van der Waals surface area (Å²) in [5.74, 6) is 0.716. The Morgan fingerprint density at radius 2 is 2.00 bits per heavy atom. The summed E-state index contributed by atoms with van der Waals surface area (Å²) in [4.78, 5) is 14.1. The molecule has 2 aliphatic heterocycles. The van der Waals surface area contributed by atoms with Crippen LogP contribution in [0.15, 0.2) is 0 Å². The molecule has 0 aromatic rings. The third-order valence-corrected chi connectivity index (χ3v) is 3.62. The molecule has 0 aliphatic carbocycles. The first-order valence-corrected chi connectivity index (χ1v) is 6.46. The number of hydrogen-bond donors (Lipinski definition) is 1. The van der Waals surface area contributed by atoms with Gasteiger partial charge in [0.05, 0.1) is 19.3 Å². The molecule has 2 N–H and O–H groups in total. The molecule has 2 rings (SSSR count). The van der Waals surface area contributed by atoms with Gasteiger partial charge in [0, 0.05) is 32.7 Å². The smallest absolute Gasteiger partial charge is 0.223 e. The average Bonchev–Trinajstić information content (AvgIpc) is 2.40. The van der Waals surface area contributed by atoms with Crippen LogP contribution in [-0.4, -0.2) is 56.4 Å². The van der Waals surface area contributed by atoms with E-state index >= 15 is 0 Å². The normalized spacial score (nSPS) is 27.1. The minimum absolute atomic E-state index is 0.0658. The molecule has 5 nitrogen and oxygen atoms in total. The summed E-state index contributed by atoms with van der Waals surface area (Å²) in [6.07, 6.45) is 2.65. The maximum atomic E-state index is 12.2. The lowest BCUT2D eigenvalue weighted by Gasteiger charge is -2.36. The Morgan fingerprint density at radius 1 is 1.24 bits per heavy atom. The SMILES string of the molecule is NCC1COCCN1C(=O)CC1CCOCC1. The summed E-state index contributed by atoms with van der Waals surface area (Å²) in [6, 6.07) is 0.0658. The molecule has 17 heavy (non-hydrogen) atoms. The van der Waals surface area contributed by atoms with Crippen LogP contribution in [0.3, 0.4) is 0 Å². The highest BCUT2D eigenvalue weighted by Crippen LogP contribution is 2.20. The number of nitrogens with zero attached hydrogens (tertiary/aromatic N) is 1. The molecule has 1 unspecified atom stereocenters. The van der Waals surface area contributed by atoms with Crippen molar-refractivity contribution in [2.45, 2.75) is 25.3 Å². The lowest BCUT2D eigenvalue weighted by Crippen LogP contribution is -2.52. The van der Waals surface area contributed by atoms with Gasteiger partial charge in [-0.15, -0.1) is 0 Å². The van der Waals surface area contributed by atoms with Gasteiger partial charge in [0.2, 0.25) is 5.91 Å². The van der Waals surface area contributed by atoms with Gasteiger partial charge in [-0.05, 0) is 18.8 Å². The molecule has 2 saturated heterocycles. The van der Waals surface area contributed by atoms with E-state index in [-0.39, 0.29) is 11.9 Å². The van der Waals surface area contributed by atoms with E-state index in [1.54, 1.807) is 0 Å². The molecule has 0 radical (unpaired) electrons. The number of carbonyl (C=O) groups is 1. The van der Waals surface area contributed by atoms with Gasteiger partial charge in [-0.25, -0.2) is 0 Å². The lowest BCUT2D eigenvalue weighted by atomic mass is 9.95. The predicted molar refractivity (Wildman–Crippen MR) is 63.5 cm³/mol. The zero-order chi connectivity index (χ0) is 12.1. The molecule has 2 fully saturated rings. The van der Waals surface area contributed by atoms with Crippen LogP contribution in [-0.2, 0) is 14.3 Å². The number of ether oxygens (including phenoxy) is 2. The molecular weight excluding hydrogens is 220 g/mol. The molecule has 1 atom stereocenters. The van der Waals surface area contributed by atoms with Crippen LogP contribution in [0, 0.1) is 5.92 Å². The minimum atomic E-state index is 0.0658. The summed E-state index contributed by atoms with van der Waals surface area (Å²) in [5.41, 5.74) is 5.67. The third-order valence-electron chi connectivity index (χ3n) is 3.62. The fourth-order valence-electron chi connectivity index (χ4n) is 2.49. The number of hydrogen-bond acceptors (Lipinski definition) is 4. The minimum Gasteiger partial charge on any atom is -0.381 e. The summed E-state index contributed by atoms with van der Waals surface area (Å²) >= 11 is 0. The maximum absolute atomic E-state index is 12.2. The Kier molecular flexibility index (Phi) is 4.76. The van der Waals surface area contributed by atoms with Crippen LogP contribution in [0.2, 0.25) is 0 Å². The zero-order valence-electron chi connectivity index (χ0n) is 10.3. The van der Waals surface area contributed by atoms with Gasteiger partial charge < -0.3 is 20.1 Å². The van der Waals surface area contributed by atoms with Crippen molar-refractivity contribution >= 4 is 5.91 Å². The zero-order valence-corrected chi connectivity index (χ0v) is 10.3. The van der Waals surface area contributed by atoms with Crippen molar-refractivity contribution in [3.8, 4) is 0 Å². The highest BCUT2D eigenvalue weighted by Gasteiger charge is 2.28.